The molecule has 0 saturated heterocycles. The summed E-state index contributed by atoms with van der Waals surface area (Å²) in [7, 11) is 0. The van der Waals surface area contributed by atoms with Gasteiger partial charge in [-0.1, -0.05) is 35.9 Å². The summed E-state index contributed by atoms with van der Waals surface area (Å²) in [5.74, 6) is 1.20. The minimum atomic E-state index is -0.0335. The number of anilines is 1. The van der Waals surface area contributed by atoms with Crippen molar-refractivity contribution in [2.24, 2.45) is 0 Å². The lowest BCUT2D eigenvalue weighted by molar-refractivity contribution is -0.113. The van der Waals surface area contributed by atoms with E-state index in [2.05, 4.69) is 35.8 Å². The van der Waals surface area contributed by atoms with Crippen molar-refractivity contribution in [3.05, 3.63) is 59.1 Å². The maximum absolute atomic E-state index is 11.9. The lowest BCUT2D eigenvalue weighted by Crippen LogP contribution is -2.14. The molecule has 0 aliphatic heterocycles. The van der Waals surface area contributed by atoms with Crippen LogP contribution in [0.25, 0.3) is 0 Å². The van der Waals surface area contributed by atoms with Crippen LogP contribution in [0.2, 0.25) is 5.02 Å². The summed E-state index contributed by atoms with van der Waals surface area (Å²) >= 11 is 9.32. The third kappa shape index (κ3) is 5.30. The molecule has 0 spiro atoms. The highest BCUT2D eigenvalue weighted by Gasteiger charge is 2.05. The van der Waals surface area contributed by atoms with E-state index in [1.54, 1.807) is 35.7 Å². The van der Waals surface area contributed by atoms with Crippen LogP contribution in [0.15, 0.2) is 53.4 Å². The molecule has 5 heteroatoms. The lowest BCUT2D eigenvalue weighted by atomic mass is 10.2. The molecule has 0 aromatic heterocycles. The Hall–Kier alpha value is -1.10. The topological polar surface area (TPSA) is 29.1 Å². The molecule has 0 heterocycles. The first-order chi connectivity index (χ1) is 10.2. The molecule has 21 heavy (non-hydrogen) atoms. The van der Waals surface area contributed by atoms with Gasteiger partial charge in [-0.05, 0) is 36.1 Å². The predicted octanol–water partition coefficient (Wildman–Crippen LogP) is 4.93. The van der Waals surface area contributed by atoms with Crippen LogP contribution in [-0.4, -0.2) is 17.9 Å². The van der Waals surface area contributed by atoms with Crippen LogP contribution in [-0.2, 0) is 10.5 Å². The van der Waals surface area contributed by atoms with E-state index in [9.17, 15) is 4.79 Å². The Bertz CT molecular complexity index is 601. The Morgan fingerprint density at radius 3 is 2.52 bits per heavy atom. The van der Waals surface area contributed by atoms with Gasteiger partial charge in [-0.3, -0.25) is 4.79 Å². The van der Waals surface area contributed by atoms with Crippen molar-refractivity contribution in [3.8, 4) is 0 Å². The fraction of sp³-hybridized carbons (Fsp3) is 0.188. The minimum absolute atomic E-state index is 0.0335. The zero-order chi connectivity index (χ0) is 15.1. The SMILES string of the molecule is CSc1ccc(CSCC(=O)Nc2ccccc2Cl)cc1. The van der Waals surface area contributed by atoms with Crippen molar-refractivity contribution in [1.29, 1.82) is 0 Å². The highest BCUT2D eigenvalue weighted by atomic mass is 35.5. The average Bonchev–Trinajstić information content (AvgIpc) is 2.50. The molecular formula is C16H16ClNOS2. The Morgan fingerprint density at radius 2 is 1.86 bits per heavy atom. The van der Waals surface area contributed by atoms with E-state index in [0.717, 1.165) is 5.75 Å². The second-order valence-electron chi connectivity index (χ2n) is 4.37. The molecule has 2 rings (SSSR count). The Labute approximate surface area is 138 Å². The number of carbonyl (C=O) groups excluding carboxylic acids is 1. The molecule has 0 radical (unpaired) electrons. The van der Waals surface area contributed by atoms with Gasteiger partial charge in [0.05, 0.1) is 16.5 Å². The smallest absolute Gasteiger partial charge is 0.234 e. The Kier molecular flexibility index (Phi) is 6.49. The number of rotatable bonds is 6. The quantitative estimate of drug-likeness (QED) is 0.757. The molecule has 0 unspecified atom stereocenters. The summed E-state index contributed by atoms with van der Waals surface area (Å²) in [5, 5.41) is 3.38. The van der Waals surface area contributed by atoms with Crippen LogP contribution in [0.3, 0.4) is 0 Å². The van der Waals surface area contributed by atoms with E-state index in [0.29, 0.717) is 16.5 Å². The molecule has 2 nitrogen and oxygen atoms in total. The third-order valence-electron chi connectivity index (χ3n) is 2.81. The van der Waals surface area contributed by atoms with E-state index in [1.165, 1.54) is 10.5 Å². The van der Waals surface area contributed by atoms with Gasteiger partial charge in [0, 0.05) is 10.6 Å². The van der Waals surface area contributed by atoms with Gasteiger partial charge < -0.3 is 5.32 Å². The first-order valence-corrected chi connectivity index (χ1v) is 9.20. The molecule has 1 N–H and O–H groups in total. The highest BCUT2D eigenvalue weighted by Crippen LogP contribution is 2.21. The normalized spacial score (nSPS) is 10.4. The summed E-state index contributed by atoms with van der Waals surface area (Å²) in [6.45, 7) is 0. The maximum Gasteiger partial charge on any atom is 0.234 e. The van der Waals surface area contributed by atoms with Gasteiger partial charge in [0.2, 0.25) is 5.91 Å². The van der Waals surface area contributed by atoms with Crippen molar-refractivity contribution < 1.29 is 4.79 Å². The summed E-state index contributed by atoms with van der Waals surface area (Å²) < 4.78 is 0. The van der Waals surface area contributed by atoms with Crippen LogP contribution in [0.4, 0.5) is 5.69 Å². The number of nitrogens with one attached hydrogen (secondary N) is 1. The van der Waals surface area contributed by atoms with E-state index >= 15 is 0 Å². The number of hydrogen-bond donors (Lipinski definition) is 1. The van der Waals surface area contributed by atoms with Crippen LogP contribution < -0.4 is 5.32 Å². The molecule has 0 aliphatic rings. The van der Waals surface area contributed by atoms with Crippen LogP contribution in [0, 0.1) is 0 Å². The van der Waals surface area contributed by atoms with Gasteiger partial charge >= 0.3 is 0 Å². The maximum atomic E-state index is 11.9. The third-order valence-corrected chi connectivity index (χ3v) is 4.89. The largest absolute Gasteiger partial charge is 0.324 e. The summed E-state index contributed by atoms with van der Waals surface area (Å²) in [4.78, 5) is 13.1. The number of carbonyl (C=O) groups is 1. The van der Waals surface area contributed by atoms with Crippen molar-refractivity contribution >= 4 is 46.7 Å². The second kappa shape index (κ2) is 8.37. The van der Waals surface area contributed by atoms with E-state index in [4.69, 9.17) is 11.6 Å². The number of benzene rings is 2. The molecule has 0 bridgehead atoms. The van der Waals surface area contributed by atoms with E-state index in [-0.39, 0.29) is 5.91 Å². The molecule has 2 aromatic carbocycles. The first-order valence-electron chi connectivity index (χ1n) is 6.44. The van der Waals surface area contributed by atoms with Gasteiger partial charge in [-0.15, -0.1) is 23.5 Å². The van der Waals surface area contributed by atoms with Crippen LogP contribution in [0.5, 0.6) is 0 Å². The Morgan fingerprint density at radius 1 is 1.14 bits per heavy atom. The Balaban J connectivity index is 1.77. The molecule has 2 aromatic rings. The summed E-state index contributed by atoms with van der Waals surface area (Å²) in [6, 6.07) is 15.7. The van der Waals surface area contributed by atoms with Gasteiger partial charge in [0.15, 0.2) is 0 Å². The molecule has 1 amide bonds. The number of halogens is 1. The van der Waals surface area contributed by atoms with Crippen molar-refractivity contribution in [2.75, 3.05) is 17.3 Å². The van der Waals surface area contributed by atoms with Crippen molar-refractivity contribution in [3.63, 3.8) is 0 Å². The zero-order valence-corrected chi connectivity index (χ0v) is 14.0. The second-order valence-corrected chi connectivity index (χ2v) is 6.64. The fourth-order valence-electron chi connectivity index (χ4n) is 1.73. The van der Waals surface area contributed by atoms with Gasteiger partial charge in [-0.2, -0.15) is 0 Å². The monoisotopic (exact) mass is 337 g/mol. The van der Waals surface area contributed by atoms with Crippen molar-refractivity contribution in [2.45, 2.75) is 10.6 Å². The highest BCUT2D eigenvalue weighted by molar-refractivity contribution is 7.99. The molecule has 0 aliphatic carbocycles. The van der Waals surface area contributed by atoms with Gasteiger partial charge in [0.25, 0.3) is 0 Å². The summed E-state index contributed by atoms with van der Waals surface area (Å²) in [6.07, 6.45) is 2.06. The molecular weight excluding hydrogens is 322 g/mol. The average molecular weight is 338 g/mol. The number of thioether (sulfide) groups is 2. The van der Waals surface area contributed by atoms with Crippen molar-refractivity contribution in [1.82, 2.24) is 0 Å². The van der Waals surface area contributed by atoms with Crippen LogP contribution >= 0.6 is 35.1 Å². The predicted molar refractivity (Wildman–Crippen MR) is 94.5 cm³/mol. The summed E-state index contributed by atoms with van der Waals surface area (Å²) in [5.41, 5.74) is 1.89. The van der Waals surface area contributed by atoms with E-state index < -0.39 is 0 Å². The molecule has 110 valence electrons. The molecule has 0 saturated carbocycles. The first kappa shape index (κ1) is 16.3. The molecule has 0 atom stereocenters. The number of hydrogen-bond acceptors (Lipinski definition) is 3. The lowest BCUT2D eigenvalue weighted by Gasteiger charge is -2.07. The number of amides is 1. The van der Waals surface area contributed by atoms with Crippen LogP contribution in [0.1, 0.15) is 5.56 Å². The number of para-hydroxylation sites is 1. The molecule has 0 fully saturated rings. The standard InChI is InChI=1S/C16H16ClNOS2/c1-20-13-8-6-12(7-9-13)10-21-11-16(19)18-15-5-3-2-4-14(15)17/h2-9H,10-11H2,1H3,(H,18,19). The fourth-order valence-corrected chi connectivity index (χ4v) is 3.11. The van der Waals surface area contributed by atoms with E-state index in [1.807, 2.05) is 12.1 Å². The zero-order valence-electron chi connectivity index (χ0n) is 11.6. The van der Waals surface area contributed by atoms with Gasteiger partial charge in [0.1, 0.15) is 0 Å². The van der Waals surface area contributed by atoms with Gasteiger partial charge in [-0.25, -0.2) is 0 Å². The minimum Gasteiger partial charge on any atom is -0.324 e.